The van der Waals surface area contributed by atoms with Crippen molar-refractivity contribution in [2.45, 2.75) is 31.2 Å². The minimum atomic E-state index is -0.196. The second-order valence-electron chi connectivity index (χ2n) is 6.46. The molecule has 1 aliphatic heterocycles. The lowest BCUT2D eigenvalue weighted by molar-refractivity contribution is 0.0468. The van der Waals surface area contributed by atoms with Gasteiger partial charge in [0.1, 0.15) is 11.6 Å². The van der Waals surface area contributed by atoms with Crippen LogP contribution in [0, 0.1) is 5.82 Å². The van der Waals surface area contributed by atoms with Crippen molar-refractivity contribution in [3.63, 3.8) is 0 Å². The van der Waals surface area contributed by atoms with Crippen molar-refractivity contribution in [1.29, 1.82) is 0 Å². The molecule has 4 heteroatoms. The molecule has 128 valence electrons. The molecule has 0 amide bonds. The van der Waals surface area contributed by atoms with Gasteiger partial charge in [0.2, 0.25) is 0 Å². The summed E-state index contributed by atoms with van der Waals surface area (Å²) in [6, 6.07) is 14.3. The number of hydrogen-bond acceptors (Lipinski definition) is 3. The molecule has 3 rings (SSSR count). The lowest BCUT2D eigenvalue weighted by atomic mass is 9.72. The van der Waals surface area contributed by atoms with E-state index in [0.717, 1.165) is 44.6 Å². The van der Waals surface area contributed by atoms with Crippen LogP contribution in [0.3, 0.4) is 0 Å². The number of phenols is 1. The Morgan fingerprint density at radius 2 is 1.75 bits per heavy atom. The Kier molecular flexibility index (Phi) is 5.48. The summed E-state index contributed by atoms with van der Waals surface area (Å²) < 4.78 is 18.8. The SMILES string of the molecule is Oc1ccccc1CNCCC1(c2ccc(F)cc2)CCOCC1. The standard InChI is InChI=1S/C20H24FNO2/c21-18-7-5-17(6-8-18)20(10-13-24-14-11-20)9-12-22-15-16-3-1-2-4-19(16)23/h1-8,22-23H,9-15H2. The summed E-state index contributed by atoms with van der Waals surface area (Å²) in [5.74, 6) is 0.128. The Hall–Kier alpha value is -1.91. The summed E-state index contributed by atoms with van der Waals surface area (Å²) in [7, 11) is 0. The number of hydrogen-bond donors (Lipinski definition) is 2. The number of para-hydroxylation sites is 1. The van der Waals surface area contributed by atoms with E-state index in [2.05, 4.69) is 5.32 Å². The zero-order valence-electron chi connectivity index (χ0n) is 13.8. The normalized spacial score (nSPS) is 16.9. The monoisotopic (exact) mass is 329 g/mol. The van der Waals surface area contributed by atoms with Gasteiger partial charge in [-0.1, -0.05) is 30.3 Å². The van der Waals surface area contributed by atoms with Crippen LogP contribution < -0.4 is 5.32 Å². The van der Waals surface area contributed by atoms with Gasteiger partial charge in [-0.05, 0) is 49.6 Å². The quantitative estimate of drug-likeness (QED) is 0.793. The molecule has 2 N–H and O–H groups in total. The highest BCUT2D eigenvalue weighted by atomic mass is 19.1. The molecule has 0 aromatic heterocycles. The fourth-order valence-electron chi connectivity index (χ4n) is 3.46. The molecule has 24 heavy (non-hydrogen) atoms. The molecule has 3 nitrogen and oxygen atoms in total. The van der Waals surface area contributed by atoms with Gasteiger partial charge in [0.15, 0.2) is 0 Å². The molecule has 0 saturated carbocycles. The van der Waals surface area contributed by atoms with E-state index in [9.17, 15) is 9.50 Å². The summed E-state index contributed by atoms with van der Waals surface area (Å²) >= 11 is 0. The smallest absolute Gasteiger partial charge is 0.123 e. The molecule has 0 radical (unpaired) electrons. The third-order valence-corrected chi connectivity index (χ3v) is 4.99. The minimum absolute atomic E-state index is 0.0394. The van der Waals surface area contributed by atoms with Crippen LogP contribution >= 0.6 is 0 Å². The summed E-state index contributed by atoms with van der Waals surface area (Å²) in [6.45, 7) is 2.97. The van der Waals surface area contributed by atoms with Crippen molar-refractivity contribution in [3.05, 3.63) is 65.5 Å². The van der Waals surface area contributed by atoms with Crippen molar-refractivity contribution in [1.82, 2.24) is 5.32 Å². The molecule has 0 atom stereocenters. The van der Waals surface area contributed by atoms with Crippen LogP contribution in [0.2, 0.25) is 0 Å². The highest BCUT2D eigenvalue weighted by Crippen LogP contribution is 2.37. The topological polar surface area (TPSA) is 41.5 Å². The van der Waals surface area contributed by atoms with E-state index in [4.69, 9.17) is 4.74 Å². The zero-order chi connectivity index (χ0) is 16.8. The van der Waals surface area contributed by atoms with Crippen LogP contribution in [-0.2, 0) is 16.7 Å². The molecule has 2 aromatic carbocycles. The number of halogens is 1. The molecule has 1 fully saturated rings. The zero-order valence-corrected chi connectivity index (χ0v) is 13.8. The maximum absolute atomic E-state index is 13.3. The first kappa shape index (κ1) is 16.9. The summed E-state index contributed by atoms with van der Waals surface area (Å²) in [5.41, 5.74) is 2.13. The predicted octanol–water partition coefficient (Wildman–Crippen LogP) is 3.76. The third kappa shape index (κ3) is 3.94. The van der Waals surface area contributed by atoms with Crippen LogP contribution in [0.4, 0.5) is 4.39 Å². The number of nitrogens with one attached hydrogen (secondary N) is 1. The van der Waals surface area contributed by atoms with E-state index in [-0.39, 0.29) is 11.2 Å². The van der Waals surface area contributed by atoms with E-state index >= 15 is 0 Å². The van der Waals surface area contributed by atoms with Crippen molar-refractivity contribution < 1.29 is 14.2 Å². The molecule has 0 spiro atoms. The lowest BCUT2D eigenvalue weighted by Gasteiger charge is -2.38. The predicted molar refractivity (Wildman–Crippen MR) is 92.6 cm³/mol. The number of aromatic hydroxyl groups is 1. The Balaban J connectivity index is 1.62. The van der Waals surface area contributed by atoms with E-state index in [1.807, 2.05) is 30.3 Å². The Morgan fingerprint density at radius 1 is 1.04 bits per heavy atom. The lowest BCUT2D eigenvalue weighted by Crippen LogP contribution is -2.36. The molecule has 1 saturated heterocycles. The van der Waals surface area contributed by atoms with Gasteiger partial charge in [0.25, 0.3) is 0 Å². The van der Waals surface area contributed by atoms with E-state index in [0.29, 0.717) is 12.3 Å². The van der Waals surface area contributed by atoms with Gasteiger partial charge in [0, 0.05) is 30.7 Å². The maximum Gasteiger partial charge on any atom is 0.123 e. The van der Waals surface area contributed by atoms with E-state index in [1.165, 1.54) is 5.56 Å². The van der Waals surface area contributed by atoms with E-state index in [1.54, 1.807) is 18.2 Å². The Bertz CT molecular complexity index is 651. The molecule has 2 aromatic rings. The van der Waals surface area contributed by atoms with Crippen LogP contribution in [0.25, 0.3) is 0 Å². The average molecular weight is 329 g/mol. The fraction of sp³-hybridized carbons (Fsp3) is 0.400. The molecule has 0 bridgehead atoms. The first-order valence-corrected chi connectivity index (χ1v) is 8.51. The van der Waals surface area contributed by atoms with Crippen LogP contribution in [0.5, 0.6) is 5.75 Å². The van der Waals surface area contributed by atoms with E-state index < -0.39 is 0 Å². The third-order valence-electron chi connectivity index (χ3n) is 4.99. The molecule has 1 aliphatic rings. The van der Waals surface area contributed by atoms with Gasteiger partial charge < -0.3 is 15.2 Å². The molecular weight excluding hydrogens is 305 g/mol. The van der Waals surface area contributed by atoms with Crippen molar-refractivity contribution in [3.8, 4) is 5.75 Å². The second-order valence-corrected chi connectivity index (χ2v) is 6.46. The number of phenolic OH excluding ortho intramolecular Hbond substituents is 1. The van der Waals surface area contributed by atoms with Crippen molar-refractivity contribution in [2.75, 3.05) is 19.8 Å². The Labute approximate surface area is 142 Å². The average Bonchev–Trinajstić information content (AvgIpc) is 2.61. The van der Waals surface area contributed by atoms with Crippen LogP contribution in [0.15, 0.2) is 48.5 Å². The van der Waals surface area contributed by atoms with Crippen LogP contribution in [-0.4, -0.2) is 24.9 Å². The Morgan fingerprint density at radius 3 is 2.46 bits per heavy atom. The summed E-state index contributed by atoms with van der Waals surface area (Å²) in [4.78, 5) is 0. The second kappa shape index (κ2) is 7.77. The first-order chi connectivity index (χ1) is 11.7. The molecule has 0 aliphatic carbocycles. The first-order valence-electron chi connectivity index (χ1n) is 8.51. The van der Waals surface area contributed by atoms with Gasteiger partial charge >= 0.3 is 0 Å². The van der Waals surface area contributed by atoms with Crippen molar-refractivity contribution >= 4 is 0 Å². The van der Waals surface area contributed by atoms with Crippen molar-refractivity contribution in [2.24, 2.45) is 0 Å². The van der Waals surface area contributed by atoms with Gasteiger partial charge in [-0.2, -0.15) is 0 Å². The summed E-state index contributed by atoms with van der Waals surface area (Å²) in [5, 5.41) is 13.2. The highest BCUT2D eigenvalue weighted by Gasteiger charge is 2.33. The highest BCUT2D eigenvalue weighted by molar-refractivity contribution is 5.31. The van der Waals surface area contributed by atoms with Gasteiger partial charge in [-0.15, -0.1) is 0 Å². The number of benzene rings is 2. The number of ether oxygens (including phenoxy) is 1. The van der Waals surface area contributed by atoms with Crippen LogP contribution in [0.1, 0.15) is 30.4 Å². The largest absolute Gasteiger partial charge is 0.508 e. The minimum Gasteiger partial charge on any atom is -0.508 e. The summed E-state index contributed by atoms with van der Waals surface area (Å²) in [6.07, 6.45) is 2.88. The van der Waals surface area contributed by atoms with Gasteiger partial charge in [-0.25, -0.2) is 4.39 Å². The maximum atomic E-state index is 13.3. The molecular formula is C20H24FNO2. The molecule has 1 heterocycles. The number of rotatable bonds is 6. The van der Waals surface area contributed by atoms with Gasteiger partial charge in [-0.3, -0.25) is 0 Å². The molecule has 0 unspecified atom stereocenters. The fourth-order valence-corrected chi connectivity index (χ4v) is 3.46. The van der Waals surface area contributed by atoms with Gasteiger partial charge in [0.05, 0.1) is 0 Å².